The zero-order valence-electron chi connectivity index (χ0n) is 9.96. The second kappa shape index (κ2) is 6.02. The van der Waals surface area contributed by atoms with Crippen molar-refractivity contribution in [2.24, 2.45) is 5.92 Å². The number of aromatic nitrogens is 2. The van der Waals surface area contributed by atoms with Gasteiger partial charge in [0.15, 0.2) is 5.76 Å². The smallest absolute Gasteiger partial charge is 0.238 e. The molecular weight excluding hydrogens is 254 g/mol. The van der Waals surface area contributed by atoms with Crippen LogP contribution >= 0.6 is 12.4 Å². The number of nitrogens with zero attached hydrogens (tertiary/aromatic N) is 2. The Morgan fingerprint density at radius 1 is 1.44 bits per heavy atom. The van der Waals surface area contributed by atoms with E-state index in [1.54, 1.807) is 6.26 Å². The standard InChI is InChI=1S/C12H15N3O2.ClH/c1-2-10(16-7-1)12-14-11(17-15-12)4-3-9-5-6-13-8-9;/h1-2,7,9,13H,3-6,8H2;1H. The van der Waals surface area contributed by atoms with E-state index in [4.69, 9.17) is 8.94 Å². The first-order valence-electron chi connectivity index (χ1n) is 5.99. The van der Waals surface area contributed by atoms with Gasteiger partial charge in [0.2, 0.25) is 11.7 Å². The van der Waals surface area contributed by atoms with Crippen LogP contribution in [0, 0.1) is 5.92 Å². The lowest BCUT2D eigenvalue weighted by Crippen LogP contribution is -2.09. The molecule has 1 N–H and O–H groups in total. The second-order valence-electron chi connectivity index (χ2n) is 4.39. The topological polar surface area (TPSA) is 64.1 Å². The molecule has 1 saturated heterocycles. The van der Waals surface area contributed by atoms with E-state index in [9.17, 15) is 0 Å². The van der Waals surface area contributed by atoms with Gasteiger partial charge >= 0.3 is 0 Å². The van der Waals surface area contributed by atoms with Gasteiger partial charge in [0.1, 0.15) is 0 Å². The van der Waals surface area contributed by atoms with Crippen LogP contribution in [0.3, 0.4) is 0 Å². The molecule has 0 aliphatic carbocycles. The zero-order chi connectivity index (χ0) is 11.5. The van der Waals surface area contributed by atoms with Gasteiger partial charge < -0.3 is 14.3 Å². The van der Waals surface area contributed by atoms with Gasteiger partial charge in [-0.2, -0.15) is 4.98 Å². The maximum absolute atomic E-state index is 5.22. The molecule has 2 aromatic heterocycles. The summed E-state index contributed by atoms with van der Waals surface area (Å²) in [6.45, 7) is 2.24. The fraction of sp³-hybridized carbons (Fsp3) is 0.500. The highest BCUT2D eigenvalue weighted by molar-refractivity contribution is 5.85. The minimum absolute atomic E-state index is 0. The Balaban J connectivity index is 0.00000120. The third-order valence-corrected chi connectivity index (χ3v) is 3.14. The molecule has 5 nitrogen and oxygen atoms in total. The summed E-state index contributed by atoms with van der Waals surface area (Å²) in [6.07, 6.45) is 4.81. The van der Waals surface area contributed by atoms with E-state index in [-0.39, 0.29) is 12.4 Å². The molecule has 0 amide bonds. The minimum Gasteiger partial charge on any atom is -0.461 e. The number of hydrogen-bond donors (Lipinski definition) is 1. The Morgan fingerprint density at radius 2 is 2.39 bits per heavy atom. The molecule has 1 unspecified atom stereocenters. The van der Waals surface area contributed by atoms with Gasteiger partial charge in [-0.15, -0.1) is 12.4 Å². The van der Waals surface area contributed by atoms with Crippen LogP contribution in [0.25, 0.3) is 11.6 Å². The Morgan fingerprint density at radius 3 is 3.11 bits per heavy atom. The molecule has 3 heterocycles. The fourth-order valence-electron chi connectivity index (χ4n) is 2.15. The van der Waals surface area contributed by atoms with Crippen LogP contribution < -0.4 is 5.32 Å². The number of furan rings is 1. The highest BCUT2D eigenvalue weighted by atomic mass is 35.5. The molecule has 18 heavy (non-hydrogen) atoms. The van der Waals surface area contributed by atoms with E-state index in [1.165, 1.54) is 6.42 Å². The van der Waals surface area contributed by atoms with Gasteiger partial charge in [0.25, 0.3) is 0 Å². The monoisotopic (exact) mass is 269 g/mol. The van der Waals surface area contributed by atoms with Gasteiger partial charge in [-0.1, -0.05) is 5.16 Å². The van der Waals surface area contributed by atoms with Crippen molar-refractivity contribution in [3.63, 3.8) is 0 Å². The summed E-state index contributed by atoms with van der Waals surface area (Å²) in [7, 11) is 0. The van der Waals surface area contributed by atoms with Gasteiger partial charge in [-0.3, -0.25) is 0 Å². The van der Waals surface area contributed by atoms with Crippen LogP contribution in [0.2, 0.25) is 0 Å². The maximum atomic E-state index is 5.22. The van der Waals surface area contributed by atoms with Gasteiger partial charge in [0, 0.05) is 6.42 Å². The molecule has 0 spiro atoms. The van der Waals surface area contributed by atoms with Crippen LogP contribution in [-0.4, -0.2) is 23.2 Å². The summed E-state index contributed by atoms with van der Waals surface area (Å²) in [5.41, 5.74) is 0. The first-order valence-corrected chi connectivity index (χ1v) is 5.99. The molecule has 1 aliphatic heterocycles. The van der Waals surface area contributed by atoms with Crippen LogP contribution in [0.15, 0.2) is 27.3 Å². The van der Waals surface area contributed by atoms with Gasteiger partial charge in [-0.25, -0.2) is 0 Å². The number of nitrogens with one attached hydrogen (secondary N) is 1. The van der Waals surface area contributed by atoms with Crippen molar-refractivity contribution < 1.29 is 8.94 Å². The summed E-state index contributed by atoms with van der Waals surface area (Å²) in [5.74, 6) is 2.63. The maximum Gasteiger partial charge on any atom is 0.238 e. The SMILES string of the molecule is Cl.c1coc(-c2noc(CCC3CCNC3)n2)c1. The number of aryl methyl sites for hydroxylation is 1. The highest BCUT2D eigenvalue weighted by Gasteiger charge is 2.16. The van der Waals surface area contributed by atoms with Crippen molar-refractivity contribution in [3.05, 3.63) is 24.3 Å². The molecule has 98 valence electrons. The van der Waals surface area contributed by atoms with E-state index in [1.807, 2.05) is 12.1 Å². The lowest BCUT2D eigenvalue weighted by molar-refractivity contribution is 0.364. The number of halogens is 1. The van der Waals surface area contributed by atoms with Crippen molar-refractivity contribution in [1.82, 2.24) is 15.5 Å². The van der Waals surface area contributed by atoms with Crippen molar-refractivity contribution in [3.8, 4) is 11.6 Å². The highest BCUT2D eigenvalue weighted by Crippen LogP contribution is 2.18. The molecule has 1 atom stereocenters. The average Bonchev–Trinajstić information content (AvgIpc) is 3.09. The normalized spacial score (nSPS) is 18.8. The third kappa shape index (κ3) is 2.91. The lowest BCUT2D eigenvalue weighted by Gasteiger charge is -2.03. The van der Waals surface area contributed by atoms with E-state index in [0.717, 1.165) is 31.8 Å². The Kier molecular flexibility index (Phi) is 4.38. The summed E-state index contributed by atoms with van der Waals surface area (Å²) in [4.78, 5) is 4.32. The summed E-state index contributed by atoms with van der Waals surface area (Å²) >= 11 is 0. The summed E-state index contributed by atoms with van der Waals surface area (Å²) in [5, 5.41) is 7.26. The lowest BCUT2D eigenvalue weighted by atomic mass is 10.0. The first kappa shape index (κ1) is 13.1. The Bertz CT molecular complexity index is 463. The van der Waals surface area contributed by atoms with Crippen molar-refractivity contribution in [2.75, 3.05) is 13.1 Å². The van der Waals surface area contributed by atoms with E-state index >= 15 is 0 Å². The van der Waals surface area contributed by atoms with Gasteiger partial charge in [0.05, 0.1) is 6.26 Å². The predicted molar refractivity (Wildman–Crippen MR) is 68.5 cm³/mol. The number of hydrogen-bond acceptors (Lipinski definition) is 5. The third-order valence-electron chi connectivity index (χ3n) is 3.14. The molecule has 2 aromatic rings. The van der Waals surface area contributed by atoms with E-state index in [0.29, 0.717) is 17.5 Å². The summed E-state index contributed by atoms with van der Waals surface area (Å²) in [6, 6.07) is 3.64. The van der Waals surface area contributed by atoms with Crippen LogP contribution in [0.1, 0.15) is 18.7 Å². The first-order chi connectivity index (χ1) is 8.42. The quantitative estimate of drug-likeness (QED) is 0.923. The largest absolute Gasteiger partial charge is 0.461 e. The molecule has 0 radical (unpaired) electrons. The molecule has 3 rings (SSSR count). The second-order valence-corrected chi connectivity index (χ2v) is 4.39. The molecule has 1 fully saturated rings. The fourth-order valence-corrected chi connectivity index (χ4v) is 2.15. The average molecular weight is 270 g/mol. The van der Waals surface area contributed by atoms with Crippen LogP contribution in [0.4, 0.5) is 0 Å². The predicted octanol–water partition coefficient (Wildman–Crippen LogP) is 2.29. The van der Waals surface area contributed by atoms with Gasteiger partial charge in [-0.05, 0) is 44.0 Å². The van der Waals surface area contributed by atoms with Crippen molar-refractivity contribution in [2.45, 2.75) is 19.3 Å². The Hall–Kier alpha value is -1.33. The molecule has 0 bridgehead atoms. The van der Waals surface area contributed by atoms with E-state index < -0.39 is 0 Å². The zero-order valence-corrected chi connectivity index (χ0v) is 10.8. The molecule has 0 saturated carbocycles. The number of rotatable bonds is 4. The van der Waals surface area contributed by atoms with E-state index in [2.05, 4.69) is 15.5 Å². The van der Waals surface area contributed by atoms with Crippen LogP contribution in [0.5, 0.6) is 0 Å². The molecule has 6 heteroatoms. The summed E-state index contributed by atoms with van der Waals surface area (Å²) < 4.78 is 10.4. The minimum atomic E-state index is 0. The van der Waals surface area contributed by atoms with Crippen LogP contribution in [-0.2, 0) is 6.42 Å². The molecule has 1 aliphatic rings. The Labute approximate surface area is 111 Å². The van der Waals surface area contributed by atoms with Crippen molar-refractivity contribution in [1.29, 1.82) is 0 Å². The van der Waals surface area contributed by atoms with Crippen molar-refractivity contribution >= 4 is 12.4 Å². The molecule has 0 aromatic carbocycles. The molecular formula is C12H16ClN3O2.